The van der Waals surface area contributed by atoms with E-state index >= 15 is 0 Å². The van der Waals surface area contributed by atoms with Gasteiger partial charge < -0.3 is 10.4 Å². The quantitative estimate of drug-likeness (QED) is 0.485. The fourth-order valence-electron chi connectivity index (χ4n) is 2.09. The lowest BCUT2D eigenvalue weighted by molar-refractivity contribution is -0.138. The Hall–Kier alpha value is -2.96. The number of benzene rings is 2. The van der Waals surface area contributed by atoms with Crippen LogP contribution < -0.4 is 15.2 Å². The third-order valence-corrected chi connectivity index (χ3v) is 5.78. The van der Waals surface area contributed by atoms with Gasteiger partial charge in [0.2, 0.25) is 15.9 Å². The summed E-state index contributed by atoms with van der Waals surface area (Å²) in [5, 5.41) is 16.0. The fraction of sp³-hybridized carbons (Fsp3) is 0.125. The molecule has 0 spiro atoms. The second-order valence-corrected chi connectivity index (χ2v) is 8.89. The van der Waals surface area contributed by atoms with Crippen molar-refractivity contribution in [2.24, 2.45) is 5.14 Å². The first kappa shape index (κ1) is 21.3. The van der Waals surface area contributed by atoms with E-state index in [2.05, 4.69) is 10.0 Å². The first-order chi connectivity index (χ1) is 13.0. The Morgan fingerprint density at radius 3 is 1.82 bits per heavy atom. The minimum absolute atomic E-state index is 0.0912. The van der Waals surface area contributed by atoms with Crippen LogP contribution in [0.15, 0.2) is 58.3 Å². The zero-order chi connectivity index (χ0) is 20.9. The Kier molecular flexibility index (Phi) is 6.38. The third kappa shape index (κ3) is 6.04. The average molecular weight is 427 g/mol. The second kappa shape index (κ2) is 8.37. The summed E-state index contributed by atoms with van der Waals surface area (Å²) in [5.41, 5.74) is 0.449. The molecule has 0 bridgehead atoms. The average Bonchev–Trinajstić information content (AvgIpc) is 2.60. The molecule has 0 aliphatic rings. The fourth-order valence-corrected chi connectivity index (χ4v) is 3.66. The van der Waals surface area contributed by atoms with Gasteiger partial charge in [-0.25, -0.2) is 22.0 Å². The van der Waals surface area contributed by atoms with Gasteiger partial charge in [-0.1, -0.05) is 0 Å². The summed E-state index contributed by atoms with van der Waals surface area (Å²) >= 11 is 0. The van der Waals surface area contributed by atoms with Gasteiger partial charge in [0, 0.05) is 17.8 Å². The molecule has 0 aromatic heterocycles. The SMILES string of the molecule is NS(=O)(=O)c1ccc(NS(=O)(=O)c2ccc(NC(=O)CCC(=O)O)cc2)cc1. The van der Waals surface area contributed by atoms with Crippen molar-refractivity contribution in [3.8, 4) is 0 Å². The maximum atomic E-state index is 12.4. The summed E-state index contributed by atoms with van der Waals surface area (Å²) < 4.78 is 49.5. The Bertz CT molecular complexity index is 1080. The molecule has 0 saturated carbocycles. The standard InChI is InChI=1S/C16H17N3O7S2/c17-27(23,24)13-5-3-12(4-6-13)19-28(25,26)14-7-1-11(2-8-14)18-15(20)9-10-16(21)22/h1-8,19H,9-10H2,(H,18,20)(H,21,22)(H2,17,23,24). The third-order valence-electron chi connectivity index (χ3n) is 3.45. The predicted octanol–water partition coefficient (Wildman–Crippen LogP) is 0.938. The maximum absolute atomic E-state index is 12.4. The zero-order valence-electron chi connectivity index (χ0n) is 14.3. The number of hydrogen-bond donors (Lipinski definition) is 4. The van der Waals surface area contributed by atoms with Crippen LogP contribution in [0.4, 0.5) is 11.4 Å². The molecule has 5 N–H and O–H groups in total. The number of anilines is 2. The van der Waals surface area contributed by atoms with Crippen molar-refractivity contribution in [1.82, 2.24) is 0 Å². The number of primary sulfonamides is 1. The van der Waals surface area contributed by atoms with Crippen molar-refractivity contribution in [3.63, 3.8) is 0 Å². The number of amides is 1. The highest BCUT2D eigenvalue weighted by Gasteiger charge is 2.15. The van der Waals surface area contributed by atoms with Gasteiger partial charge in [-0.3, -0.25) is 14.3 Å². The van der Waals surface area contributed by atoms with Gasteiger partial charge in [0.05, 0.1) is 16.2 Å². The molecule has 0 aliphatic heterocycles. The Morgan fingerprint density at radius 1 is 0.821 bits per heavy atom. The van der Waals surface area contributed by atoms with Crippen LogP contribution in [0.2, 0.25) is 0 Å². The van der Waals surface area contributed by atoms with Crippen molar-refractivity contribution in [2.45, 2.75) is 22.6 Å². The molecule has 0 aliphatic carbocycles. The molecule has 2 aromatic carbocycles. The molecule has 0 fully saturated rings. The molecule has 1 amide bonds. The smallest absolute Gasteiger partial charge is 0.303 e. The summed E-state index contributed by atoms with van der Waals surface area (Å²) in [6.07, 6.45) is -0.516. The summed E-state index contributed by atoms with van der Waals surface area (Å²) in [6.45, 7) is 0. The van der Waals surface area contributed by atoms with Crippen LogP contribution in [0.1, 0.15) is 12.8 Å². The van der Waals surface area contributed by atoms with E-state index in [4.69, 9.17) is 10.2 Å². The van der Waals surface area contributed by atoms with Gasteiger partial charge in [-0.05, 0) is 48.5 Å². The van der Waals surface area contributed by atoms with E-state index in [0.29, 0.717) is 5.69 Å². The molecule has 0 saturated heterocycles. The molecule has 2 aromatic rings. The van der Waals surface area contributed by atoms with Gasteiger partial charge in [0.25, 0.3) is 10.0 Å². The van der Waals surface area contributed by atoms with Crippen LogP contribution in [-0.4, -0.2) is 33.8 Å². The molecule has 150 valence electrons. The van der Waals surface area contributed by atoms with Crippen molar-refractivity contribution >= 4 is 43.3 Å². The number of hydrogen-bond acceptors (Lipinski definition) is 6. The Morgan fingerprint density at radius 2 is 1.32 bits per heavy atom. The van der Waals surface area contributed by atoms with Gasteiger partial charge >= 0.3 is 5.97 Å². The van der Waals surface area contributed by atoms with Crippen LogP contribution in [0, 0.1) is 0 Å². The van der Waals surface area contributed by atoms with Crippen molar-refractivity contribution in [1.29, 1.82) is 0 Å². The minimum Gasteiger partial charge on any atom is -0.481 e. The highest BCUT2D eigenvalue weighted by atomic mass is 32.2. The molecule has 28 heavy (non-hydrogen) atoms. The van der Waals surface area contributed by atoms with E-state index in [0.717, 1.165) is 0 Å². The van der Waals surface area contributed by atoms with Crippen molar-refractivity contribution in [3.05, 3.63) is 48.5 Å². The first-order valence-corrected chi connectivity index (χ1v) is 10.8. The number of aliphatic carboxylic acids is 1. The van der Waals surface area contributed by atoms with Gasteiger partial charge in [0.15, 0.2) is 0 Å². The van der Waals surface area contributed by atoms with Gasteiger partial charge in [0.1, 0.15) is 0 Å². The zero-order valence-corrected chi connectivity index (χ0v) is 16.0. The van der Waals surface area contributed by atoms with E-state index in [9.17, 15) is 26.4 Å². The normalized spacial score (nSPS) is 11.6. The number of nitrogens with two attached hydrogens (primary N) is 1. The number of carboxylic acid groups (broad SMARTS) is 1. The molecule has 0 atom stereocenters. The number of nitrogens with one attached hydrogen (secondary N) is 2. The molecular weight excluding hydrogens is 410 g/mol. The number of sulfonamides is 2. The van der Waals surface area contributed by atoms with Crippen LogP contribution >= 0.6 is 0 Å². The molecule has 2 rings (SSSR count). The second-order valence-electron chi connectivity index (χ2n) is 5.64. The van der Waals surface area contributed by atoms with E-state index in [1.54, 1.807) is 0 Å². The first-order valence-electron chi connectivity index (χ1n) is 7.75. The summed E-state index contributed by atoms with van der Waals surface area (Å²) in [7, 11) is -7.83. The number of carbonyl (C=O) groups is 2. The molecule has 12 heteroatoms. The van der Waals surface area contributed by atoms with Crippen LogP contribution in [0.25, 0.3) is 0 Å². The van der Waals surface area contributed by atoms with Crippen molar-refractivity contribution in [2.75, 3.05) is 10.0 Å². The number of carboxylic acids is 1. The lowest BCUT2D eigenvalue weighted by Crippen LogP contribution is -2.15. The largest absolute Gasteiger partial charge is 0.481 e. The molecule has 0 unspecified atom stereocenters. The highest BCUT2D eigenvalue weighted by Crippen LogP contribution is 2.19. The Labute approximate surface area is 161 Å². The summed E-state index contributed by atoms with van der Waals surface area (Å²) in [5.74, 6) is -1.61. The van der Waals surface area contributed by atoms with Crippen LogP contribution in [-0.2, 0) is 29.6 Å². The Balaban J connectivity index is 2.07. The lowest BCUT2D eigenvalue weighted by atomic mass is 10.2. The van der Waals surface area contributed by atoms with E-state index in [-0.39, 0.29) is 28.3 Å². The van der Waals surface area contributed by atoms with Gasteiger partial charge in [-0.2, -0.15) is 0 Å². The molecule has 0 heterocycles. The molecule has 0 radical (unpaired) electrons. The van der Waals surface area contributed by atoms with Crippen LogP contribution in [0.5, 0.6) is 0 Å². The molecule has 10 nitrogen and oxygen atoms in total. The lowest BCUT2D eigenvalue weighted by Gasteiger charge is -2.10. The van der Waals surface area contributed by atoms with E-state index in [1.165, 1.54) is 48.5 Å². The number of rotatable bonds is 8. The van der Waals surface area contributed by atoms with E-state index in [1.807, 2.05) is 0 Å². The van der Waals surface area contributed by atoms with Crippen molar-refractivity contribution < 1.29 is 31.5 Å². The molecular formula is C16H17N3O7S2. The summed E-state index contributed by atoms with van der Waals surface area (Å²) in [4.78, 5) is 21.8. The monoisotopic (exact) mass is 427 g/mol. The minimum atomic E-state index is -3.95. The topological polar surface area (TPSA) is 173 Å². The maximum Gasteiger partial charge on any atom is 0.303 e. The van der Waals surface area contributed by atoms with Gasteiger partial charge in [-0.15, -0.1) is 0 Å². The predicted molar refractivity (Wildman–Crippen MR) is 101 cm³/mol. The highest BCUT2D eigenvalue weighted by molar-refractivity contribution is 7.92. The van der Waals surface area contributed by atoms with Crippen LogP contribution in [0.3, 0.4) is 0 Å². The van der Waals surface area contributed by atoms with E-state index < -0.39 is 31.9 Å². The summed E-state index contributed by atoms with van der Waals surface area (Å²) in [6, 6.07) is 10.1. The number of carbonyl (C=O) groups excluding carboxylic acids is 1.